The maximum Gasteiger partial charge on any atom is 0.220 e. The third kappa shape index (κ3) is 3.24. The molecule has 0 spiro atoms. The first-order valence-corrected chi connectivity index (χ1v) is 7.81. The summed E-state index contributed by atoms with van der Waals surface area (Å²) in [5, 5.41) is 1.10. The number of para-hydroxylation sites is 1. The second kappa shape index (κ2) is 6.61. The van der Waals surface area contributed by atoms with Gasteiger partial charge in [0.25, 0.3) is 0 Å². The molecule has 1 atom stereocenters. The van der Waals surface area contributed by atoms with Crippen LogP contribution in [-0.2, 0) is 11.3 Å². The highest BCUT2D eigenvalue weighted by atomic mass is 16.2. The Labute approximate surface area is 136 Å². The standard InChI is InChI=1S/C20H20N2O/c1-15(17-8-4-3-5-9-17)22(16(2)23)14-18-12-13-21-20-11-7-6-10-19(18)20/h3-13,15H,14H2,1-2H3/t15-/m1/s1. The van der Waals surface area contributed by atoms with Gasteiger partial charge in [-0.3, -0.25) is 9.78 Å². The first-order valence-electron chi connectivity index (χ1n) is 7.81. The molecule has 0 N–H and O–H groups in total. The molecule has 0 aliphatic rings. The van der Waals surface area contributed by atoms with E-state index < -0.39 is 0 Å². The summed E-state index contributed by atoms with van der Waals surface area (Å²) in [5.41, 5.74) is 3.22. The number of hydrogen-bond acceptors (Lipinski definition) is 2. The van der Waals surface area contributed by atoms with E-state index in [0.717, 1.165) is 22.0 Å². The number of rotatable bonds is 4. The van der Waals surface area contributed by atoms with Crippen molar-refractivity contribution in [3.8, 4) is 0 Å². The van der Waals surface area contributed by atoms with Gasteiger partial charge in [-0.2, -0.15) is 0 Å². The molecule has 3 nitrogen and oxygen atoms in total. The lowest BCUT2D eigenvalue weighted by molar-refractivity contribution is -0.131. The molecule has 0 aliphatic heterocycles. The van der Waals surface area contributed by atoms with E-state index in [-0.39, 0.29) is 11.9 Å². The summed E-state index contributed by atoms with van der Waals surface area (Å²) >= 11 is 0. The van der Waals surface area contributed by atoms with E-state index in [9.17, 15) is 4.79 Å². The smallest absolute Gasteiger partial charge is 0.220 e. The second-order valence-electron chi connectivity index (χ2n) is 5.72. The number of nitrogens with zero attached hydrogens (tertiary/aromatic N) is 2. The molecule has 0 saturated carbocycles. The summed E-state index contributed by atoms with van der Waals surface area (Å²) in [6, 6.07) is 20.2. The van der Waals surface area contributed by atoms with E-state index >= 15 is 0 Å². The number of amides is 1. The zero-order valence-corrected chi connectivity index (χ0v) is 13.4. The van der Waals surface area contributed by atoms with Crippen LogP contribution in [-0.4, -0.2) is 15.8 Å². The Balaban J connectivity index is 1.95. The molecular formula is C20H20N2O. The van der Waals surface area contributed by atoms with Crippen molar-refractivity contribution in [3.05, 3.63) is 78.0 Å². The predicted octanol–water partition coefficient (Wildman–Crippen LogP) is 4.34. The first kappa shape index (κ1) is 15.2. The highest BCUT2D eigenvalue weighted by molar-refractivity contribution is 5.82. The zero-order valence-electron chi connectivity index (χ0n) is 13.4. The third-order valence-electron chi connectivity index (χ3n) is 4.23. The molecule has 3 rings (SSSR count). The molecule has 0 saturated heterocycles. The first-order chi connectivity index (χ1) is 11.2. The Hall–Kier alpha value is -2.68. The van der Waals surface area contributed by atoms with Crippen LogP contribution in [0.4, 0.5) is 0 Å². The van der Waals surface area contributed by atoms with Crippen LogP contribution < -0.4 is 0 Å². The predicted molar refractivity (Wildman–Crippen MR) is 92.8 cm³/mol. The molecule has 0 radical (unpaired) electrons. The van der Waals surface area contributed by atoms with E-state index in [1.54, 1.807) is 6.92 Å². The Morgan fingerprint density at radius 3 is 2.48 bits per heavy atom. The normalized spacial score (nSPS) is 12.1. The highest BCUT2D eigenvalue weighted by Crippen LogP contribution is 2.25. The molecule has 116 valence electrons. The Morgan fingerprint density at radius 1 is 1.04 bits per heavy atom. The summed E-state index contributed by atoms with van der Waals surface area (Å²) in [6.07, 6.45) is 1.81. The lowest BCUT2D eigenvalue weighted by Crippen LogP contribution is -2.31. The average Bonchev–Trinajstić information content (AvgIpc) is 2.59. The van der Waals surface area contributed by atoms with Gasteiger partial charge >= 0.3 is 0 Å². The molecule has 23 heavy (non-hydrogen) atoms. The maximum absolute atomic E-state index is 12.2. The molecule has 0 bridgehead atoms. The van der Waals surface area contributed by atoms with Crippen LogP contribution in [0.3, 0.4) is 0 Å². The molecule has 1 aromatic heterocycles. The number of hydrogen-bond donors (Lipinski definition) is 0. The Bertz CT molecular complexity index is 809. The van der Waals surface area contributed by atoms with Gasteiger partial charge in [0.05, 0.1) is 11.6 Å². The number of pyridine rings is 1. The monoisotopic (exact) mass is 304 g/mol. The van der Waals surface area contributed by atoms with Crippen LogP contribution in [0.25, 0.3) is 10.9 Å². The minimum Gasteiger partial charge on any atom is -0.332 e. The van der Waals surface area contributed by atoms with Crippen molar-refractivity contribution in [3.63, 3.8) is 0 Å². The van der Waals surface area contributed by atoms with Crippen molar-refractivity contribution in [2.24, 2.45) is 0 Å². The van der Waals surface area contributed by atoms with Gasteiger partial charge in [0.15, 0.2) is 0 Å². The van der Waals surface area contributed by atoms with E-state index in [4.69, 9.17) is 0 Å². The van der Waals surface area contributed by atoms with Crippen molar-refractivity contribution in [1.82, 2.24) is 9.88 Å². The van der Waals surface area contributed by atoms with Gasteiger partial charge in [0.1, 0.15) is 0 Å². The van der Waals surface area contributed by atoms with Crippen molar-refractivity contribution >= 4 is 16.8 Å². The highest BCUT2D eigenvalue weighted by Gasteiger charge is 2.19. The molecule has 0 aliphatic carbocycles. The Kier molecular flexibility index (Phi) is 4.38. The van der Waals surface area contributed by atoms with Crippen molar-refractivity contribution in [1.29, 1.82) is 0 Å². The molecule has 2 aromatic carbocycles. The molecule has 3 aromatic rings. The fourth-order valence-electron chi connectivity index (χ4n) is 2.91. The van der Waals surface area contributed by atoms with E-state index in [0.29, 0.717) is 6.54 Å². The largest absolute Gasteiger partial charge is 0.332 e. The Morgan fingerprint density at radius 2 is 1.74 bits per heavy atom. The van der Waals surface area contributed by atoms with Crippen LogP contribution in [0, 0.1) is 0 Å². The number of carbonyl (C=O) groups excluding carboxylic acids is 1. The SMILES string of the molecule is CC(=O)N(Cc1ccnc2ccccc12)[C@H](C)c1ccccc1. The maximum atomic E-state index is 12.2. The van der Waals surface area contributed by atoms with E-state index in [1.165, 1.54) is 0 Å². The molecule has 1 amide bonds. The topological polar surface area (TPSA) is 33.2 Å². The van der Waals surface area contributed by atoms with Crippen LogP contribution in [0.5, 0.6) is 0 Å². The van der Waals surface area contributed by atoms with Gasteiger partial charge < -0.3 is 4.90 Å². The van der Waals surface area contributed by atoms with E-state index in [2.05, 4.69) is 30.1 Å². The number of benzene rings is 2. The zero-order chi connectivity index (χ0) is 16.2. The van der Waals surface area contributed by atoms with Crippen molar-refractivity contribution < 1.29 is 4.79 Å². The van der Waals surface area contributed by atoms with Crippen LogP contribution in [0.2, 0.25) is 0 Å². The van der Waals surface area contributed by atoms with Crippen LogP contribution in [0.1, 0.15) is 31.0 Å². The third-order valence-corrected chi connectivity index (χ3v) is 4.23. The number of aromatic nitrogens is 1. The van der Waals surface area contributed by atoms with Gasteiger partial charge in [-0.15, -0.1) is 0 Å². The summed E-state index contributed by atoms with van der Waals surface area (Å²) in [7, 11) is 0. The summed E-state index contributed by atoms with van der Waals surface area (Å²) in [6.45, 7) is 4.28. The van der Waals surface area contributed by atoms with Crippen LogP contribution >= 0.6 is 0 Å². The summed E-state index contributed by atoms with van der Waals surface area (Å²) in [4.78, 5) is 18.5. The van der Waals surface area contributed by atoms with E-state index in [1.807, 2.05) is 53.6 Å². The van der Waals surface area contributed by atoms with Gasteiger partial charge in [0, 0.05) is 25.1 Å². The fraction of sp³-hybridized carbons (Fsp3) is 0.200. The number of fused-ring (bicyclic) bond motifs is 1. The molecule has 1 heterocycles. The lowest BCUT2D eigenvalue weighted by atomic mass is 10.0. The summed E-state index contributed by atoms with van der Waals surface area (Å²) in [5.74, 6) is 0.0715. The van der Waals surface area contributed by atoms with Gasteiger partial charge in [-0.1, -0.05) is 48.5 Å². The minimum atomic E-state index is 0.0284. The minimum absolute atomic E-state index is 0.0284. The van der Waals surface area contributed by atoms with Crippen molar-refractivity contribution in [2.75, 3.05) is 0 Å². The fourth-order valence-corrected chi connectivity index (χ4v) is 2.91. The van der Waals surface area contributed by atoms with Gasteiger partial charge in [-0.25, -0.2) is 0 Å². The molecule has 0 fully saturated rings. The van der Waals surface area contributed by atoms with Crippen molar-refractivity contribution in [2.45, 2.75) is 26.4 Å². The van der Waals surface area contributed by atoms with Gasteiger partial charge in [-0.05, 0) is 30.2 Å². The second-order valence-corrected chi connectivity index (χ2v) is 5.72. The summed E-state index contributed by atoms with van der Waals surface area (Å²) < 4.78 is 0. The molecule has 3 heteroatoms. The molecule has 0 unspecified atom stereocenters. The average molecular weight is 304 g/mol. The van der Waals surface area contributed by atoms with Gasteiger partial charge in [0.2, 0.25) is 5.91 Å². The quantitative estimate of drug-likeness (QED) is 0.718. The number of carbonyl (C=O) groups is 1. The molecular weight excluding hydrogens is 284 g/mol. The van der Waals surface area contributed by atoms with Crippen LogP contribution in [0.15, 0.2) is 66.9 Å². The lowest BCUT2D eigenvalue weighted by Gasteiger charge is -2.29.